The first-order valence-electron chi connectivity index (χ1n) is 15.5. The molecule has 10 atom stereocenters. The highest BCUT2D eigenvalue weighted by molar-refractivity contribution is 7.99. The molecule has 0 saturated heterocycles. The Bertz CT molecular complexity index is 945. The molecular weight excluding hydrogens is 521 g/mol. The molecule has 224 valence electrons. The van der Waals surface area contributed by atoms with Crippen molar-refractivity contribution in [1.29, 1.82) is 0 Å². The van der Waals surface area contributed by atoms with Crippen molar-refractivity contribution in [1.82, 2.24) is 30.0 Å². The lowest BCUT2D eigenvalue weighted by Gasteiger charge is -2.44. The summed E-state index contributed by atoms with van der Waals surface area (Å²) in [5.74, 6) is 7.33. The second kappa shape index (κ2) is 16.4. The molecule has 0 amide bonds. The summed E-state index contributed by atoms with van der Waals surface area (Å²) in [6, 6.07) is 1.02. The van der Waals surface area contributed by atoms with Gasteiger partial charge in [0.1, 0.15) is 0 Å². The Morgan fingerprint density at radius 1 is 0.744 bits per heavy atom. The molecule has 2 aromatic rings. The molecule has 2 heterocycles. The third-order valence-electron chi connectivity index (χ3n) is 9.63. The number of thiol groups is 1. The van der Waals surface area contributed by atoms with Gasteiger partial charge in [0, 0.05) is 17.6 Å². The number of hydrogen-bond donors (Lipinski definition) is 1. The molecule has 0 spiro atoms. The van der Waals surface area contributed by atoms with E-state index in [0.29, 0.717) is 35.8 Å². The number of aromatic nitrogens is 6. The van der Waals surface area contributed by atoms with E-state index < -0.39 is 0 Å². The molecule has 4 rings (SSSR count). The van der Waals surface area contributed by atoms with Gasteiger partial charge in [-0.2, -0.15) is 24.4 Å². The number of aryl methyl sites for hydroxylation is 2. The molecule has 0 unspecified atom stereocenters. The van der Waals surface area contributed by atoms with Gasteiger partial charge in [0.05, 0.1) is 23.5 Å². The fourth-order valence-electron chi connectivity index (χ4n) is 7.20. The van der Waals surface area contributed by atoms with Crippen LogP contribution in [-0.2, 0) is 0 Å². The van der Waals surface area contributed by atoms with Crippen molar-refractivity contribution in [3.63, 3.8) is 0 Å². The highest BCUT2D eigenvalue weighted by Crippen LogP contribution is 2.47. The van der Waals surface area contributed by atoms with Crippen LogP contribution < -0.4 is 0 Å². The van der Waals surface area contributed by atoms with E-state index in [1.807, 2.05) is 20.8 Å². The zero-order chi connectivity index (χ0) is 29.3. The van der Waals surface area contributed by atoms with Crippen molar-refractivity contribution < 1.29 is 0 Å². The van der Waals surface area contributed by atoms with Crippen molar-refractivity contribution in [2.45, 2.75) is 119 Å². The third-order valence-corrected chi connectivity index (χ3v) is 11.0. The van der Waals surface area contributed by atoms with Crippen molar-refractivity contribution in [2.24, 2.45) is 41.4 Å². The maximum Gasteiger partial charge on any atom is 0.0796 e. The Labute approximate surface area is 249 Å². The summed E-state index contributed by atoms with van der Waals surface area (Å²) in [4.78, 5) is 0. The van der Waals surface area contributed by atoms with E-state index in [1.165, 1.54) is 31.4 Å². The first-order valence-corrected chi connectivity index (χ1v) is 17.2. The Kier molecular flexibility index (Phi) is 14.4. The van der Waals surface area contributed by atoms with Gasteiger partial charge in [0.25, 0.3) is 0 Å². The van der Waals surface area contributed by atoms with Crippen molar-refractivity contribution >= 4 is 24.4 Å². The van der Waals surface area contributed by atoms with Gasteiger partial charge in [-0.25, -0.2) is 9.36 Å². The van der Waals surface area contributed by atoms with E-state index in [-0.39, 0.29) is 0 Å². The van der Waals surface area contributed by atoms with Crippen LogP contribution in [-0.4, -0.2) is 46.7 Å². The summed E-state index contributed by atoms with van der Waals surface area (Å²) >= 11 is 5.91. The quantitative estimate of drug-likeness (QED) is 0.349. The summed E-state index contributed by atoms with van der Waals surface area (Å²) in [7, 11) is 0. The lowest BCUT2D eigenvalue weighted by atomic mass is 9.66. The predicted octanol–water partition coefficient (Wildman–Crippen LogP) is 8.35. The van der Waals surface area contributed by atoms with Gasteiger partial charge >= 0.3 is 0 Å². The largest absolute Gasteiger partial charge is 0.249 e. The molecule has 2 aromatic heterocycles. The SMILES string of the molecule is CCS.CCS[C@@H]1C[C@H](CC)[C@H](C)[C@H](n2cc(C)nn2)[C@H]1C.CC[C@H]1C[C@H](C)[C@H](C)[C@@H](n2cc(C)nn2)[C@H]1C. The van der Waals surface area contributed by atoms with E-state index >= 15 is 0 Å². The van der Waals surface area contributed by atoms with E-state index in [4.69, 9.17) is 0 Å². The summed E-state index contributed by atoms with van der Waals surface area (Å²) in [5, 5.41) is 17.8. The normalized spacial score (nSPS) is 34.5. The molecule has 2 fully saturated rings. The fraction of sp³-hybridized carbons (Fsp3) is 0.871. The number of nitrogens with zero attached hydrogens (tertiary/aromatic N) is 6. The minimum absolute atomic E-state index is 0.504. The zero-order valence-electron chi connectivity index (χ0n) is 26.7. The highest BCUT2D eigenvalue weighted by atomic mass is 32.2. The van der Waals surface area contributed by atoms with Crippen LogP contribution in [0.4, 0.5) is 0 Å². The lowest BCUT2D eigenvalue weighted by Crippen LogP contribution is -2.41. The van der Waals surface area contributed by atoms with Crippen LogP contribution in [0.15, 0.2) is 12.4 Å². The lowest BCUT2D eigenvalue weighted by molar-refractivity contribution is 0.0604. The molecule has 2 saturated carbocycles. The van der Waals surface area contributed by atoms with Gasteiger partial charge in [-0.3, -0.25) is 0 Å². The van der Waals surface area contributed by atoms with Crippen LogP contribution >= 0.6 is 24.4 Å². The van der Waals surface area contributed by atoms with Crippen molar-refractivity contribution in [2.75, 3.05) is 11.5 Å². The van der Waals surface area contributed by atoms with Crippen LogP contribution in [0.25, 0.3) is 0 Å². The minimum atomic E-state index is 0.504. The first-order chi connectivity index (χ1) is 18.5. The molecule has 0 aliphatic heterocycles. The Morgan fingerprint density at radius 2 is 1.18 bits per heavy atom. The van der Waals surface area contributed by atoms with Crippen molar-refractivity contribution in [3.8, 4) is 0 Å². The number of rotatable bonds is 6. The minimum Gasteiger partial charge on any atom is -0.249 e. The summed E-state index contributed by atoms with van der Waals surface area (Å²) in [6.07, 6.45) is 9.50. The molecular formula is C31H58N6S2. The maximum absolute atomic E-state index is 4.36. The van der Waals surface area contributed by atoms with Crippen LogP contribution in [0.5, 0.6) is 0 Å². The van der Waals surface area contributed by atoms with Gasteiger partial charge in [-0.15, -0.1) is 10.2 Å². The average molecular weight is 579 g/mol. The summed E-state index contributed by atoms with van der Waals surface area (Å²) in [6.45, 7) is 24.9. The topological polar surface area (TPSA) is 61.4 Å². The molecule has 0 N–H and O–H groups in total. The van der Waals surface area contributed by atoms with Crippen LogP contribution in [0.2, 0.25) is 0 Å². The van der Waals surface area contributed by atoms with Gasteiger partial charge < -0.3 is 0 Å². The van der Waals surface area contributed by atoms with Crippen LogP contribution in [0.3, 0.4) is 0 Å². The Balaban J connectivity index is 0.000000250. The molecule has 0 radical (unpaired) electrons. The van der Waals surface area contributed by atoms with Crippen LogP contribution in [0.1, 0.15) is 111 Å². The zero-order valence-corrected chi connectivity index (χ0v) is 28.4. The molecule has 6 nitrogen and oxygen atoms in total. The van der Waals surface area contributed by atoms with E-state index in [0.717, 1.165) is 40.1 Å². The van der Waals surface area contributed by atoms with Gasteiger partial charge in [0.15, 0.2) is 0 Å². The van der Waals surface area contributed by atoms with Crippen molar-refractivity contribution in [3.05, 3.63) is 23.8 Å². The molecule has 0 bridgehead atoms. The smallest absolute Gasteiger partial charge is 0.0796 e. The fourth-order valence-corrected chi connectivity index (χ4v) is 8.48. The second-order valence-electron chi connectivity index (χ2n) is 12.2. The number of thioether (sulfide) groups is 1. The molecule has 2 aliphatic carbocycles. The Hall–Kier alpha value is -1.02. The van der Waals surface area contributed by atoms with Gasteiger partial charge in [0.2, 0.25) is 0 Å². The third kappa shape index (κ3) is 8.73. The maximum atomic E-state index is 4.36. The van der Waals surface area contributed by atoms with E-state index in [2.05, 4.69) is 122 Å². The van der Waals surface area contributed by atoms with Gasteiger partial charge in [-0.1, -0.05) is 85.6 Å². The number of hydrogen-bond acceptors (Lipinski definition) is 6. The van der Waals surface area contributed by atoms with E-state index in [9.17, 15) is 0 Å². The summed E-state index contributed by atoms with van der Waals surface area (Å²) in [5.41, 5.74) is 2.05. The predicted molar refractivity (Wildman–Crippen MR) is 172 cm³/mol. The van der Waals surface area contributed by atoms with E-state index in [1.54, 1.807) is 0 Å². The standard InChI is InChI=1S/C15H27N3S.C14H25N3.C2H6S/c1-6-13-8-14(19-7-2)12(5)15(11(13)4)18-9-10(3)16-17-18;1-6-13-7-9(2)11(4)14(12(13)5)17-8-10(3)15-16-17;1-2-3/h9,11-15H,6-8H2,1-5H3;8-9,11-14H,6-7H2,1-5H3;3H,2H2,1H3/t11-,12-,13-,14+,15-;9-,11-,12-,13-,14+;/m00./s1. The first kappa shape index (κ1) is 34.2. The molecule has 2 aliphatic rings. The summed E-state index contributed by atoms with van der Waals surface area (Å²) < 4.78 is 4.25. The molecule has 8 heteroatoms. The second-order valence-corrected chi connectivity index (χ2v) is 14.3. The van der Waals surface area contributed by atoms with Crippen LogP contribution in [0, 0.1) is 55.3 Å². The molecule has 0 aromatic carbocycles. The highest BCUT2D eigenvalue weighted by Gasteiger charge is 2.41. The monoisotopic (exact) mass is 578 g/mol. The Morgan fingerprint density at radius 3 is 1.56 bits per heavy atom. The molecule has 39 heavy (non-hydrogen) atoms. The average Bonchev–Trinajstić information content (AvgIpc) is 3.52. The van der Waals surface area contributed by atoms with Gasteiger partial charge in [-0.05, 0) is 79.6 Å².